The van der Waals surface area contributed by atoms with E-state index in [0.717, 1.165) is 0 Å². The predicted molar refractivity (Wildman–Crippen MR) is 53.1 cm³/mol. The fourth-order valence-corrected chi connectivity index (χ4v) is 1.51. The lowest BCUT2D eigenvalue weighted by molar-refractivity contribution is -0.0819. The molecule has 1 aliphatic rings. The predicted octanol–water partition coefficient (Wildman–Crippen LogP) is 1.47. The van der Waals surface area contributed by atoms with Gasteiger partial charge < -0.3 is 14.8 Å². The van der Waals surface area contributed by atoms with Crippen LogP contribution in [-0.4, -0.2) is 37.5 Å². The third-order valence-electron chi connectivity index (χ3n) is 2.39. The Kier molecular flexibility index (Phi) is 3.97. The molecule has 1 aromatic rings. The second kappa shape index (κ2) is 5.49. The Balaban J connectivity index is 2.08. The van der Waals surface area contributed by atoms with Gasteiger partial charge in [0.1, 0.15) is 5.69 Å². The number of anilines is 1. The van der Waals surface area contributed by atoms with Gasteiger partial charge in [-0.1, -0.05) is 0 Å². The highest BCUT2D eigenvalue weighted by Crippen LogP contribution is 2.22. The molecule has 1 fully saturated rings. The van der Waals surface area contributed by atoms with Crippen LogP contribution in [0.2, 0.25) is 0 Å². The minimum atomic E-state index is -1.70. The first-order chi connectivity index (χ1) is 8.59. The van der Waals surface area contributed by atoms with Gasteiger partial charge in [0.15, 0.2) is 0 Å². The molecule has 0 aromatic carbocycles. The Morgan fingerprint density at radius 2 is 1.78 bits per heavy atom. The van der Waals surface area contributed by atoms with Gasteiger partial charge in [0.05, 0.1) is 25.9 Å². The van der Waals surface area contributed by atoms with E-state index in [-0.39, 0.29) is 13.2 Å². The van der Waals surface area contributed by atoms with Crippen LogP contribution in [-0.2, 0) is 9.47 Å². The number of aromatic nitrogens is 1. The first kappa shape index (κ1) is 13.0. The number of nitrogens with one attached hydrogen (secondary N) is 1. The quantitative estimate of drug-likeness (QED) is 0.664. The molecular formula is C10H10F4N2O2. The summed E-state index contributed by atoms with van der Waals surface area (Å²) in [6.45, 7) is 1.01. The van der Waals surface area contributed by atoms with Crippen molar-refractivity contribution in [1.82, 2.24) is 4.98 Å². The standard InChI is InChI=1S/C10H10F4N2O2/c11-6-8(7(12)10(14)16-9(6)13)15-3-5-4-17-1-2-18-5/h5H,1-4H2,(H,15,16). The molecule has 8 heteroatoms. The monoisotopic (exact) mass is 266 g/mol. The number of halogens is 4. The number of hydrogen-bond acceptors (Lipinski definition) is 4. The van der Waals surface area contributed by atoms with Gasteiger partial charge >= 0.3 is 0 Å². The molecule has 1 atom stereocenters. The van der Waals surface area contributed by atoms with E-state index in [4.69, 9.17) is 9.47 Å². The van der Waals surface area contributed by atoms with E-state index in [1.54, 1.807) is 0 Å². The molecule has 1 unspecified atom stereocenters. The highest BCUT2D eigenvalue weighted by molar-refractivity contribution is 5.45. The zero-order valence-corrected chi connectivity index (χ0v) is 9.18. The van der Waals surface area contributed by atoms with Crippen molar-refractivity contribution in [2.45, 2.75) is 6.10 Å². The number of rotatable bonds is 3. The largest absolute Gasteiger partial charge is 0.377 e. The molecule has 1 N–H and O–H groups in total. The first-order valence-corrected chi connectivity index (χ1v) is 5.22. The molecule has 0 radical (unpaired) electrons. The second-order valence-corrected chi connectivity index (χ2v) is 3.65. The average molecular weight is 266 g/mol. The lowest BCUT2D eigenvalue weighted by atomic mass is 10.3. The Morgan fingerprint density at radius 3 is 2.33 bits per heavy atom. The van der Waals surface area contributed by atoms with Crippen molar-refractivity contribution in [3.05, 3.63) is 23.5 Å². The molecule has 1 aliphatic heterocycles. The van der Waals surface area contributed by atoms with Crippen molar-refractivity contribution in [3.63, 3.8) is 0 Å². The number of hydrogen-bond donors (Lipinski definition) is 1. The van der Waals surface area contributed by atoms with Crippen molar-refractivity contribution in [1.29, 1.82) is 0 Å². The summed E-state index contributed by atoms with van der Waals surface area (Å²) in [7, 11) is 0. The van der Waals surface area contributed by atoms with E-state index in [1.165, 1.54) is 0 Å². The SMILES string of the molecule is Fc1nc(F)c(F)c(NCC2COCCO2)c1F. The summed E-state index contributed by atoms with van der Waals surface area (Å²) in [4.78, 5) is 2.45. The molecule has 4 nitrogen and oxygen atoms in total. The van der Waals surface area contributed by atoms with Crippen LogP contribution in [0.1, 0.15) is 0 Å². The normalized spacial score (nSPS) is 19.9. The summed E-state index contributed by atoms with van der Waals surface area (Å²) in [6, 6.07) is 0. The number of pyridine rings is 1. The molecule has 0 aliphatic carbocycles. The van der Waals surface area contributed by atoms with Crippen LogP contribution in [0.3, 0.4) is 0 Å². The van der Waals surface area contributed by atoms with Crippen LogP contribution in [0, 0.1) is 23.5 Å². The Labute approximate surface area is 99.9 Å². The molecule has 2 heterocycles. The minimum Gasteiger partial charge on any atom is -0.377 e. The van der Waals surface area contributed by atoms with Crippen LogP contribution in [0.15, 0.2) is 0 Å². The summed E-state index contributed by atoms with van der Waals surface area (Å²) in [6.07, 6.45) is -0.433. The lowest BCUT2D eigenvalue weighted by Crippen LogP contribution is -2.34. The molecule has 1 saturated heterocycles. The van der Waals surface area contributed by atoms with Crippen LogP contribution in [0.25, 0.3) is 0 Å². The van der Waals surface area contributed by atoms with Gasteiger partial charge in [-0.15, -0.1) is 0 Å². The fourth-order valence-electron chi connectivity index (χ4n) is 1.51. The minimum absolute atomic E-state index is 0.0310. The smallest absolute Gasteiger partial charge is 0.253 e. The number of nitrogens with zero attached hydrogens (tertiary/aromatic N) is 1. The second-order valence-electron chi connectivity index (χ2n) is 3.65. The Hall–Kier alpha value is -1.41. The third kappa shape index (κ3) is 2.70. The van der Waals surface area contributed by atoms with Gasteiger partial charge in [0, 0.05) is 6.54 Å². The van der Waals surface area contributed by atoms with Crippen molar-refractivity contribution in [2.24, 2.45) is 0 Å². The van der Waals surface area contributed by atoms with E-state index >= 15 is 0 Å². The first-order valence-electron chi connectivity index (χ1n) is 5.22. The van der Waals surface area contributed by atoms with E-state index in [1.807, 2.05) is 0 Å². The van der Waals surface area contributed by atoms with Gasteiger partial charge in [-0.05, 0) is 0 Å². The highest BCUT2D eigenvalue weighted by atomic mass is 19.2. The maximum atomic E-state index is 13.2. The molecule has 18 heavy (non-hydrogen) atoms. The molecule has 0 amide bonds. The Bertz CT molecular complexity index is 412. The average Bonchev–Trinajstić information content (AvgIpc) is 2.38. The van der Waals surface area contributed by atoms with Gasteiger partial charge in [-0.3, -0.25) is 0 Å². The maximum absolute atomic E-state index is 13.2. The van der Waals surface area contributed by atoms with Gasteiger partial charge in [-0.25, -0.2) is 0 Å². The van der Waals surface area contributed by atoms with E-state index in [9.17, 15) is 17.6 Å². The molecule has 100 valence electrons. The summed E-state index contributed by atoms with van der Waals surface area (Å²) in [5.74, 6) is -6.52. The van der Waals surface area contributed by atoms with E-state index < -0.39 is 35.3 Å². The fraction of sp³-hybridized carbons (Fsp3) is 0.500. The van der Waals surface area contributed by atoms with Crippen molar-refractivity contribution in [2.75, 3.05) is 31.7 Å². The van der Waals surface area contributed by atoms with Gasteiger partial charge in [-0.2, -0.15) is 22.5 Å². The topological polar surface area (TPSA) is 43.4 Å². The molecule has 2 rings (SSSR count). The van der Waals surface area contributed by atoms with Crippen molar-refractivity contribution in [3.8, 4) is 0 Å². The highest BCUT2D eigenvalue weighted by Gasteiger charge is 2.22. The summed E-state index contributed by atoms with van der Waals surface area (Å²) < 4.78 is 62.3. The van der Waals surface area contributed by atoms with Crippen molar-refractivity contribution >= 4 is 5.69 Å². The molecule has 0 bridgehead atoms. The van der Waals surface area contributed by atoms with Crippen LogP contribution in [0.4, 0.5) is 23.2 Å². The summed E-state index contributed by atoms with van der Waals surface area (Å²) >= 11 is 0. The molecular weight excluding hydrogens is 256 g/mol. The summed E-state index contributed by atoms with van der Waals surface area (Å²) in [5.41, 5.74) is -0.894. The zero-order valence-electron chi connectivity index (χ0n) is 9.18. The van der Waals surface area contributed by atoms with E-state index in [0.29, 0.717) is 13.2 Å². The van der Waals surface area contributed by atoms with E-state index in [2.05, 4.69) is 10.3 Å². The lowest BCUT2D eigenvalue weighted by Gasteiger charge is -2.23. The number of ether oxygens (including phenoxy) is 2. The molecule has 1 aromatic heterocycles. The van der Waals surface area contributed by atoms with Crippen LogP contribution >= 0.6 is 0 Å². The van der Waals surface area contributed by atoms with Crippen LogP contribution < -0.4 is 5.32 Å². The van der Waals surface area contributed by atoms with Gasteiger partial charge in [0.25, 0.3) is 11.9 Å². The van der Waals surface area contributed by atoms with Crippen molar-refractivity contribution < 1.29 is 27.0 Å². The third-order valence-corrected chi connectivity index (χ3v) is 2.39. The van der Waals surface area contributed by atoms with Crippen LogP contribution in [0.5, 0.6) is 0 Å². The zero-order chi connectivity index (χ0) is 13.1. The molecule has 0 spiro atoms. The molecule has 0 saturated carbocycles. The Morgan fingerprint density at radius 1 is 1.11 bits per heavy atom. The summed E-state index contributed by atoms with van der Waals surface area (Å²) in [5, 5.41) is 2.26. The van der Waals surface area contributed by atoms with Gasteiger partial charge in [0.2, 0.25) is 11.6 Å². The maximum Gasteiger partial charge on any atom is 0.253 e.